The minimum absolute atomic E-state index is 0.242. The Balaban J connectivity index is 1.39. The number of hydrogen-bond acceptors (Lipinski definition) is 4. The van der Waals surface area contributed by atoms with Gasteiger partial charge in [0.05, 0.1) is 11.4 Å². The Kier molecular flexibility index (Phi) is 4.38. The van der Waals surface area contributed by atoms with Crippen molar-refractivity contribution in [3.63, 3.8) is 0 Å². The molecule has 3 aromatic rings. The van der Waals surface area contributed by atoms with Gasteiger partial charge in [-0.1, -0.05) is 13.8 Å². The lowest BCUT2D eigenvalue weighted by Crippen LogP contribution is -2.23. The van der Waals surface area contributed by atoms with Gasteiger partial charge >= 0.3 is 0 Å². The molecule has 0 atom stereocenters. The highest BCUT2D eigenvalue weighted by Crippen LogP contribution is 2.48. The van der Waals surface area contributed by atoms with Crippen molar-refractivity contribution in [1.82, 2.24) is 20.2 Å². The predicted molar refractivity (Wildman–Crippen MR) is 111 cm³/mol. The first-order chi connectivity index (χ1) is 14.4. The summed E-state index contributed by atoms with van der Waals surface area (Å²) in [5, 5.41) is 10.9. The summed E-state index contributed by atoms with van der Waals surface area (Å²) in [5.74, 6) is -0.423. The van der Waals surface area contributed by atoms with Crippen LogP contribution in [-0.2, 0) is 18.3 Å². The molecule has 1 fully saturated rings. The lowest BCUT2D eigenvalue weighted by Gasteiger charge is -2.29. The first-order valence-corrected chi connectivity index (χ1v) is 10.4. The molecular formula is C23H25F2N5. The third-order valence-corrected chi connectivity index (χ3v) is 6.45. The summed E-state index contributed by atoms with van der Waals surface area (Å²) in [6.45, 7) is 4.97. The SMILES string of the molecule is CC1(C)CCc2c(-c3cc(F)nc(NCC4(c5ncccc5F)CC4)c3)n[nH]c2C1. The number of halogens is 2. The van der Waals surface area contributed by atoms with E-state index in [4.69, 9.17) is 0 Å². The van der Waals surface area contributed by atoms with Crippen LogP contribution in [0.25, 0.3) is 11.3 Å². The molecule has 7 heteroatoms. The number of anilines is 1. The molecule has 156 valence electrons. The van der Waals surface area contributed by atoms with Crippen LogP contribution in [-0.4, -0.2) is 26.7 Å². The number of hydrogen-bond donors (Lipinski definition) is 2. The quantitative estimate of drug-likeness (QED) is 0.594. The van der Waals surface area contributed by atoms with Crippen molar-refractivity contribution < 1.29 is 8.78 Å². The molecule has 30 heavy (non-hydrogen) atoms. The van der Waals surface area contributed by atoms with Gasteiger partial charge in [0, 0.05) is 41.0 Å². The van der Waals surface area contributed by atoms with Crippen LogP contribution in [0.15, 0.2) is 30.5 Å². The Labute approximate surface area is 174 Å². The molecule has 0 aromatic carbocycles. The van der Waals surface area contributed by atoms with Gasteiger partial charge in [0.25, 0.3) is 0 Å². The number of nitrogens with one attached hydrogen (secondary N) is 2. The van der Waals surface area contributed by atoms with Gasteiger partial charge < -0.3 is 5.32 Å². The maximum Gasteiger partial charge on any atom is 0.215 e. The van der Waals surface area contributed by atoms with Crippen LogP contribution >= 0.6 is 0 Å². The fraction of sp³-hybridized carbons (Fsp3) is 0.435. The lowest BCUT2D eigenvalue weighted by atomic mass is 9.76. The Morgan fingerprint density at radius 3 is 2.77 bits per heavy atom. The molecule has 5 nitrogen and oxygen atoms in total. The average Bonchev–Trinajstić information content (AvgIpc) is 3.38. The van der Waals surface area contributed by atoms with Crippen LogP contribution in [0.3, 0.4) is 0 Å². The van der Waals surface area contributed by atoms with E-state index in [1.807, 2.05) is 6.07 Å². The van der Waals surface area contributed by atoms with E-state index in [0.29, 0.717) is 23.6 Å². The first kappa shape index (κ1) is 19.2. The zero-order chi connectivity index (χ0) is 20.9. The molecule has 0 unspecified atom stereocenters. The van der Waals surface area contributed by atoms with Gasteiger partial charge in [0.2, 0.25) is 5.95 Å². The van der Waals surface area contributed by atoms with E-state index in [1.165, 1.54) is 17.7 Å². The van der Waals surface area contributed by atoms with Crippen LogP contribution in [0.2, 0.25) is 0 Å². The smallest absolute Gasteiger partial charge is 0.215 e. The normalized spacial score (nSPS) is 18.7. The van der Waals surface area contributed by atoms with E-state index in [0.717, 1.165) is 43.5 Å². The van der Waals surface area contributed by atoms with Crippen LogP contribution in [0.4, 0.5) is 14.6 Å². The maximum absolute atomic E-state index is 14.3. The summed E-state index contributed by atoms with van der Waals surface area (Å²) < 4.78 is 28.5. The third-order valence-electron chi connectivity index (χ3n) is 6.45. The zero-order valence-corrected chi connectivity index (χ0v) is 17.2. The second kappa shape index (κ2) is 6.86. The molecule has 0 radical (unpaired) electrons. The minimum atomic E-state index is -0.559. The number of aromatic amines is 1. The summed E-state index contributed by atoms with van der Waals surface area (Å²) in [7, 11) is 0. The summed E-state index contributed by atoms with van der Waals surface area (Å²) in [6.07, 6.45) is 6.23. The molecule has 0 amide bonds. The Morgan fingerprint density at radius 1 is 1.17 bits per heavy atom. The number of nitrogens with zero attached hydrogens (tertiary/aromatic N) is 3. The van der Waals surface area contributed by atoms with E-state index >= 15 is 0 Å². The minimum Gasteiger partial charge on any atom is -0.369 e. The maximum atomic E-state index is 14.3. The van der Waals surface area contributed by atoms with Gasteiger partial charge in [-0.25, -0.2) is 9.37 Å². The van der Waals surface area contributed by atoms with E-state index in [2.05, 4.69) is 39.3 Å². The van der Waals surface area contributed by atoms with Crippen molar-refractivity contribution in [3.05, 3.63) is 59.2 Å². The Morgan fingerprint density at radius 2 is 2.00 bits per heavy atom. The van der Waals surface area contributed by atoms with Crippen molar-refractivity contribution in [2.45, 2.75) is 51.4 Å². The number of H-pyrrole nitrogens is 1. The highest BCUT2D eigenvalue weighted by Gasteiger charge is 2.47. The average molecular weight is 409 g/mol. The Hall–Kier alpha value is -2.83. The monoisotopic (exact) mass is 409 g/mol. The fourth-order valence-corrected chi connectivity index (χ4v) is 4.49. The molecule has 0 aliphatic heterocycles. The molecule has 1 saturated carbocycles. The molecule has 2 N–H and O–H groups in total. The van der Waals surface area contributed by atoms with Gasteiger partial charge in [-0.15, -0.1) is 0 Å². The number of pyridine rings is 2. The summed E-state index contributed by atoms with van der Waals surface area (Å²) in [6, 6.07) is 6.27. The van der Waals surface area contributed by atoms with Crippen molar-refractivity contribution in [3.8, 4) is 11.3 Å². The van der Waals surface area contributed by atoms with Crippen molar-refractivity contribution in [1.29, 1.82) is 0 Å². The first-order valence-electron chi connectivity index (χ1n) is 10.4. The molecule has 0 spiro atoms. The summed E-state index contributed by atoms with van der Waals surface area (Å²) in [4.78, 5) is 8.23. The topological polar surface area (TPSA) is 66.5 Å². The predicted octanol–water partition coefficient (Wildman–Crippen LogP) is 4.80. The van der Waals surface area contributed by atoms with Crippen LogP contribution in [0, 0.1) is 17.2 Å². The highest BCUT2D eigenvalue weighted by atomic mass is 19.1. The van der Waals surface area contributed by atoms with Crippen LogP contribution < -0.4 is 5.32 Å². The molecule has 0 bridgehead atoms. The zero-order valence-electron chi connectivity index (χ0n) is 17.2. The second-order valence-corrected chi connectivity index (χ2v) is 9.40. The lowest BCUT2D eigenvalue weighted by molar-refractivity contribution is 0.312. The highest BCUT2D eigenvalue weighted by molar-refractivity contribution is 5.67. The van der Waals surface area contributed by atoms with Crippen LogP contribution in [0.5, 0.6) is 0 Å². The number of aromatic nitrogens is 4. The van der Waals surface area contributed by atoms with Crippen molar-refractivity contribution >= 4 is 5.82 Å². The molecule has 5 rings (SSSR count). The molecule has 2 aliphatic carbocycles. The van der Waals surface area contributed by atoms with E-state index in [1.54, 1.807) is 12.3 Å². The summed E-state index contributed by atoms with van der Waals surface area (Å²) >= 11 is 0. The molecule has 3 aromatic heterocycles. The fourth-order valence-electron chi connectivity index (χ4n) is 4.49. The van der Waals surface area contributed by atoms with Crippen LogP contribution in [0.1, 0.15) is 50.1 Å². The standard InChI is InChI=1S/C23H25F2N5/c1-22(2)6-5-15-17(12-22)29-30-20(15)14-10-18(25)28-19(11-14)27-13-23(7-8-23)21-16(24)4-3-9-26-21/h3-4,9-11H,5-8,12-13H2,1-2H3,(H,27,28)(H,29,30). The second-order valence-electron chi connectivity index (χ2n) is 9.40. The van der Waals surface area contributed by atoms with E-state index in [9.17, 15) is 8.78 Å². The number of rotatable bonds is 5. The van der Waals surface area contributed by atoms with Gasteiger partial charge in [0.15, 0.2) is 0 Å². The molecule has 2 aliphatic rings. The molecular weight excluding hydrogens is 384 g/mol. The van der Waals surface area contributed by atoms with Gasteiger partial charge in [-0.2, -0.15) is 9.49 Å². The molecule has 3 heterocycles. The summed E-state index contributed by atoms with van der Waals surface area (Å²) in [5.41, 5.74) is 4.16. The largest absolute Gasteiger partial charge is 0.369 e. The van der Waals surface area contributed by atoms with Crippen molar-refractivity contribution in [2.75, 3.05) is 11.9 Å². The van der Waals surface area contributed by atoms with E-state index in [-0.39, 0.29) is 16.6 Å². The number of fused-ring (bicyclic) bond motifs is 1. The van der Waals surface area contributed by atoms with Crippen molar-refractivity contribution in [2.24, 2.45) is 5.41 Å². The Bertz CT molecular complexity index is 1100. The van der Waals surface area contributed by atoms with Gasteiger partial charge in [-0.05, 0) is 55.7 Å². The third kappa shape index (κ3) is 3.46. The van der Waals surface area contributed by atoms with Gasteiger partial charge in [0.1, 0.15) is 11.6 Å². The van der Waals surface area contributed by atoms with Gasteiger partial charge in [-0.3, -0.25) is 10.1 Å². The van der Waals surface area contributed by atoms with E-state index < -0.39 is 5.95 Å². The molecule has 0 saturated heterocycles.